The van der Waals surface area contributed by atoms with Crippen molar-refractivity contribution >= 4 is 21.9 Å². The number of benzene rings is 4. The van der Waals surface area contributed by atoms with E-state index >= 15 is 0 Å². The summed E-state index contributed by atoms with van der Waals surface area (Å²) < 4.78 is 19.6. The second-order valence-corrected chi connectivity index (χ2v) is 7.81. The normalized spacial score (nSPS) is 11.3. The van der Waals surface area contributed by atoms with E-state index in [1.165, 1.54) is 12.1 Å². The average Bonchev–Trinajstić information content (AvgIpc) is 3.23. The van der Waals surface area contributed by atoms with Crippen LogP contribution in [-0.2, 0) is 0 Å². The van der Waals surface area contributed by atoms with Crippen molar-refractivity contribution in [3.05, 3.63) is 115 Å². The van der Waals surface area contributed by atoms with E-state index in [1.54, 1.807) is 12.1 Å². The number of aromatic nitrogens is 1. The van der Waals surface area contributed by atoms with Crippen LogP contribution in [0.4, 0.5) is 4.39 Å². The molecule has 0 aliphatic heterocycles. The molecule has 0 saturated heterocycles. The Morgan fingerprint density at radius 2 is 1.12 bits per heavy atom. The van der Waals surface area contributed by atoms with Gasteiger partial charge in [0.25, 0.3) is 0 Å². The molecule has 0 N–H and O–H groups in total. The molecule has 32 heavy (non-hydrogen) atoms. The number of para-hydroxylation sites is 1. The first kappa shape index (κ1) is 18.5. The van der Waals surface area contributed by atoms with Crippen LogP contribution >= 0.6 is 0 Å². The summed E-state index contributed by atoms with van der Waals surface area (Å²) in [5.41, 5.74) is 7.37. The summed E-state index contributed by atoms with van der Waals surface area (Å²) in [7, 11) is 0. The van der Waals surface area contributed by atoms with Crippen LogP contribution in [0.3, 0.4) is 0 Å². The molecule has 0 radical (unpaired) electrons. The zero-order valence-corrected chi connectivity index (χ0v) is 17.1. The maximum atomic E-state index is 13.5. The molecule has 0 bridgehead atoms. The van der Waals surface area contributed by atoms with Crippen LogP contribution in [0.1, 0.15) is 0 Å². The summed E-state index contributed by atoms with van der Waals surface area (Å²) in [6.07, 6.45) is 0. The number of hydrogen-bond donors (Lipinski definition) is 0. The van der Waals surface area contributed by atoms with Gasteiger partial charge in [-0.3, -0.25) is 0 Å². The van der Waals surface area contributed by atoms with Gasteiger partial charge in [0.1, 0.15) is 17.0 Å². The van der Waals surface area contributed by atoms with Crippen molar-refractivity contribution in [3.8, 4) is 33.6 Å². The van der Waals surface area contributed by atoms with E-state index in [4.69, 9.17) is 9.40 Å². The van der Waals surface area contributed by atoms with Crippen LogP contribution in [0.2, 0.25) is 0 Å². The second-order valence-electron chi connectivity index (χ2n) is 7.81. The van der Waals surface area contributed by atoms with E-state index in [0.29, 0.717) is 0 Å². The molecular formula is C29H18FNO. The maximum Gasteiger partial charge on any atom is 0.136 e. The summed E-state index contributed by atoms with van der Waals surface area (Å²) in [6, 6.07) is 35.0. The van der Waals surface area contributed by atoms with Crippen molar-refractivity contribution in [1.29, 1.82) is 0 Å². The van der Waals surface area contributed by atoms with Gasteiger partial charge in [-0.2, -0.15) is 0 Å². The molecule has 0 saturated carbocycles. The van der Waals surface area contributed by atoms with Crippen LogP contribution in [0.5, 0.6) is 0 Å². The first-order valence-electron chi connectivity index (χ1n) is 10.5. The zero-order chi connectivity index (χ0) is 21.5. The molecule has 0 spiro atoms. The first-order chi connectivity index (χ1) is 15.7. The topological polar surface area (TPSA) is 26.0 Å². The van der Waals surface area contributed by atoms with Crippen LogP contribution in [0, 0.1) is 5.82 Å². The van der Waals surface area contributed by atoms with E-state index in [9.17, 15) is 4.39 Å². The SMILES string of the molecule is Fc1ccc(-c2cc(-c3ccc4c(c3)oc3ccccc34)cc(-c3ccccc3)n2)cc1. The lowest BCUT2D eigenvalue weighted by Crippen LogP contribution is -1.91. The highest BCUT2D eigenvalue weighted by Crippen LogP contribution is 2.34. The van der Waals surface area contributed by atoms with Crippen molar-refractivity contribution in [1.82, 2.24) is 4.98 Å². The van der Waals surface area contributed by atoms with Gasteiger partial charge in [-0.25, -0.2) is 9.37 Å². The van der Waals surface area contributed by atoms with Crippen LogP contribution in [0.15, 0.2) is 114 Å². The van der Waals surface area contributed by atoms with Crippen molar-refractivity contribution in [2.75, 3.05) is 0 Å². The summed E-state index contributed by atoms with van der Waals surface area (Å²) in [4.78, 5) is 4.88. The van der Waals surface area contributed by atoms with E-state index < -0.39 is 0 Å². The van der Waals surface area contributed by atoms with Gasteiger partial charge in [0.15, 0.2) is 0 Å². The van der Waals surface area contributed by atoms with Crippen molar-refractivity contribution in [2.24, 2.45) is 0 Å². The van der Waals surface area contributed by atoms with Crippen LogP contribution in [0.25, 0.3) is 55.6 Å². The fourth-order valence-corrected chi connectivity index (χ4v) is 4.13. The third kappa shape index (κ3) is 3.25. The zero-order valence-electron chi connectivity index (χ0n) is 17.1. The second kappa shape index (κ2) is 7.47. The Kier molecular flexibility index (Phi) is 4.32. The van der Waals surface area contributed by atoms with Gasteiger partial charge in [0.2, 0.25) is 0 Å². The molecule has 152 valence electrons. The van der Waals surface area contributed by atoms with Gasteiger partial charge in [0.05, 0.1) is 11.4 Å². The minimum atomic E-state index is -0.261. The van der Waals surface area contributed by atoms with Gasteiger partial charge in [-0.15, -0.1) is 0 Å². The minimum absolute atomic E-state index is 0.261. The highest BCUT2D eigenvalue weighted by molar-refractivity contribution is 6.05. The Labute approximate surface area is 184 Å². The fraction of sp³-hybridized carbons (Fsp3) is 0. The smallest absolute Gasteiger partial charge is 0.136 e. The molecule has 2 aromatic heterocycles. The van der Waals surface area contributed by atoms with Crippen LogP contribution < -0.4 is 0 Å². The third-order valence-electron chi connectivity index (χ3n) is 5.75. The number of halogens is 1. The lowest BCUT2D eigenvalue weighted by Gasteiger charge is -2.10. The summed E-state index contributed by atoms with van der Waals surface area (Å²) >= 11 is 0. The summed E-state index contributed by atoms with van der Waals surface area (Å²) in [5, 5.41) is 2.21. The summed E-state index contributed by atoms with van der Waals surface area (Å²) in [6.45, 7) is 0. The Hall–Kier alpha value is -4.24. The first-order valence-corrected chi connectivity index (χ1v) is 10.5. The molecule has 6 rings (SSSR count). The maximum absolute atomic E-state index is 13.5. The Morgan fingerprint density at radius 3 is 1.91 bits per heavy atom. The number of pyridine rings is 1. The van der Waals surface area contributed by atoms with E-state index in [-0.39, 0.29) is 5.82 Å². The Bertz CT molecular complexity index is 1570. The fourth-order valence-electron chi connectivity index (χ4n) is 4.13. The van der Waals surface area contributed by atoms with Gasteiger partial charge in [0, 0.05) is 21.9 Å². The largest absolute Gasteiger partial charge is 0.456 e. The van der Waals surface area contributed by atoms with Gasteiger partial charge in [-0.1, -0.05) is 54.6 Å². The number of rotatable bonds is 3. The van der Waals surface area contributed by atoms with Crippen LogP contribution in [-0.4, -0.2) is 4.98 Å². The molecule has 0 aliphatic carbocycles. The lowest BCUT2D eigenvalue weighted by molar-refractivity contribution is 0.628. The average molecular weight is 415 g/mol. The molecule has 0 atom stereocenters. The molecule has 2 nitrogen and oxygen atoms in total. The molecule has 0 aliphatic rings. The van der Waals surface area contributed by atoms with Gasteiger partial charge >= 0.3 is 0 Å². The van der Waals surface area contributed by atoms with Gasteiger partial charge < -0.3 is 4.42 Å². The van der Waals surface area contributed by atoms with Crippen molar-refractivity contribution in [2.45, 2.75) is 0 Å². The van der Waals surface area contributed by atoms with E-state index in [2.05, 4.69) is 30.3 Å². The predicted molar refractivity (Wildman–Crippen MR) is 128 cm³/mol. The Balaban J connectivity index is 1.55. The number of furan rings is 1. The highest BCUT2D eigenvalue weighted by atomic mass is 19.1. The van der Waals surface area contributed by atoms with E-state index in [0.717, 1.165) is 55.6 Å². The van der Waals surface area contributed by atoms with Crippen molar-refractivity contribution in [3.63, 3.8) is 0 Å². The minimum Gasteiger partial charge on any atom is -0.456 e. The van der Waals surface area contributed by atoms with Crippen molar-refractivity contribution < 1.29 is 8.81 Å². The molecule has 0 fully saturated rings. The predicted octanol–water partition coefficient (Wildman–Crippen LogP) is 8.12. The molecule has 0 unspecified atom stereocenters. The quantitative estimate of drug-likeness (QED) is 0.292. The highest BCUT2D eigenvalue weighted by Gasteiger charge is 2.12. The number of nitrogens with zero attached hydrogens (tertiary/aromatic N) is 1. The number of fused-ring (bicyclic) bond motifs is 3. The lowest BCUT2D eigenvalue weighted by atomic mass is 9.99. The molecule has 6 aromatic rings. The number of hydrogen-bond acceptors (Lipinski definition) is 2. The monoisotopic (exact) mass is 415 g/mol. The Morgan fingerprint density at radius 1 is 0.500 bits per heavy atom. The third-order valence-corrected chi connectivity index (χ3v) is 5.75. The molecular weight excluding hydrogens is 397 g/mol. The molecule has 0 amide bonds. The van der Waals surface area contributed by atoms with Gasteiger partial charge in [-0.05, 0) is 65.7 Å². The molecule has 3 heteroatoms. The summed E-state index contributed by atoms with van der Waals surface area (Å²) in [5.74, 6) is -0.261. The molecule has 4 aromatic carbocycles. The molecule has 2 heterocycles. The standard InChI is InChI=1S/C29H18FNO/c30-23-13-10-20(11-14-23)27-17-22(16-26(31-27)19-6-2-1-3-7-19)21-12-15-25-24-8-4-5-9-28(24)32-29(25)18-21/h1-18H. The van der Waals surface area contributed by atoms with E-state index in [1.807, 2.05) is 54.6 Å².